The summed E-state index contributed by atoms with van der Waals surface area (Å²) in [6, 6.07) is 7.65. The van der Waals surface area contributed by atoms with E-state index in [1.807, 2.05) is 36.0 Å². The quantitative estimate of drug-likeness (QED) is 0.595. The molecule has 0 amide bonds. The Bertz CT molecular complexity index is 894. The lowest BCUT2D eigenvalue weighted by atomic mass is 9.77. The van der Waals surface area contributed by atoms with E-state index in [1.165, 1.54) is 7.11 Å². The van der Waals surface area contributed by atoms with Crippen LogP contribution >= 0.6 is 11.8 Å². The minimum Gasteiger partial charge on any atom is -0.466 e. The average Bonchev–Trinajstić information content (AvgIpc) is 2.60. The van der Waals surface area contributed by atoms with Crippen molar-refractivity contribution in [2.24, 2.45) is 0 Å². The second-order valence-electron chi connectivity index (χ2n) is 5.83. The number of thioether (sulfide) groups is 1. The summed E-state index contributed by atoms with van der Waals surface area (Å²) in [5, 5.41) is 0.982. The Balaban J connectivity index is 2.01. The number of hydrogen-bond acceptors (Lipinski definition) is 5. The first kappa shape index (κ1) is 14.6. The molecular formula is C18H16O4S. The van der Waals surface area contributed by atoms with Crippen LogP contribution in [0, 0.1) is 0 Å². The number of para-hydroxylation sites is 1. The molecule has 1 saturated heterocycles. The molecule has 1 aromatic carbocycles. The van der Waals surface area contributed by atoms with Crippen LogP contribution in [-0.4, -0.2) is 24.6 Å². The molecule has 2 aromatic rings. The van der Waals surface area contributed by atoms with E-state index in [-0.39, 0.29) is 17.5 Å². The lowest BCUT2D eigenvalue weighted by molar-refractivity contribution is -0.136. The number of hydrogen-bond donors (Lipinski definition) is 0. The van der Waals surface area contributed by atoms with Crippen molar-refractivity contribution < 1.29 is 13.9 Å². The Morgan fingerprint density at radius 3 is 3.00 bits per heavy atom. The maximum absolute atomic E-state index is 12.5. The van der Waals surface area contributed by atoms with Crippen molar-refractivity contribution >= 4 is 28.7 Å². The Morgan fingerprint density at radius 2 is 2.17 bits per heavy atom. The molecule has 1 atom stereocenters. The van der Waals surface area contributed by atoms with Crippen LogP contribution in [0.3, 0.4) is 0 Å². The van der Waals surface area contributed by atoms with Crippen LogP contribution in [0.5, 0.6) is 0 Å². The van der Waals surface area contributed by atoms with Gasteiger partial charge in [0.2, 0.25) is 0 Å². The van der Waals surface area contributed by atoms with Gasteiger partial charge >= 0.3 is 11.6 Å². The number of fused-ring (bicyclic) bond motifs is 5. The lowest BCUT2D eigenvalue weighted by Crippen LogP contribution is -2.28. The van der Waals surface area contributed by atoms with Crippen LogP contribution in [-0.2, 0) is 16.0 Å². The van der Waals surface area contributed by atoms with Gasteiger partial charge in [0.1, 0.15) is 5.58 Å². The van der Waals surface area contributed by atoms with Crippen LogP contribution < -0.4 is 5.63 Å². The van der Waals surface area contributed by atoms with E-state index in [1.54, 1.807) is 0 Å². The molecule has 4 rings (SSSR count). The summed E-state index contributed by atoms with van der Waals surface area (Å²) in [6.07, 6.45) is 1.18. The van der Waals surface area contributed by atoms with Gasteiger partial charge in [0, 0.05) is 34.6 Å². The fourth-order valence-electron chi connectivity index (χ4n) is 3.67. The minimum atomic E-state index is -0.338. The molecule has 0 bridgehead atoms. The fourth-order valence-corrected chi connectivity index (χ4v) is 4.81. The first-order chi connectivity index (χ1) is 11.2. The topological polar surface area (TPSA) is 56.5 Å². The van der Waals surface area contributed by atoms with Crippen molar-refractivity contribution in [1.29, 1.82) is 0 Å². The number of carbonyl (C=O) groups excluding carboxylic acids is 1. The van der Waals surface area contributed by atoms with Gasteiger partial charge in [-0.15, -0.1) is 0 Å². The standard InChI is InChI=1S/C18H16O4S/c1-21-17(19)12-8-13-16(14-9-23-7-6-10(12)14)11-4-2-3-5-15(11)22-18(13)20/h2-5,14H,6-9H2,1H3. The average molecular weight is 328 g/mol. The molecule has 23 heavy (non-hydrogen) atoms. The summed E-state index contributed by atoms with van der Waals surface area (Å²) in [5.41, 5.74) is 3.72. The molecule has 1 aliphatic heterocycles. The molecule has 0 N–H and O–H groups in total. The second-order valence-corrected chi connectivity index (χ2v) is 6.98. The van der Waals surface area contributed by atoms with E-state index in [2.05, 4.69) is 0 Å². The second kappa shape index (κ2) is 5.57. The summed E-state index contributed by atoms with van der Waals surface area (Å²) in [4.78, 5) is 24.6. The maximum Gasteiger partial charge on any atom is 0.340 e. The molecule has 1 unspecified atom stereocenters. The largest absolute Gasteiger partial charge is 0.466 e. The zero-order chi connectivity index (χ0) is 16.0. The van der Waals surface area contributed by atoms with Crippen molar-refractivity contribution in [2.75, 3.05) is 18.6 Å². The predicted molar refractivity (Wildman–Crippen MR) is 89.9 cm³/mol. The van der Waals surface area contributed by atoms with Gasteiger partial charge in [-0.05, 0) is 23.8 Å². The monoisotopic (exact) mass is 328 g/mol. The molecule has 1 aromatic heterocycles. The predicted octanol–water partition coefficient (Wildman–Crippen LogP) is 3.04. The van der Waals surface area contributed by atoms with Gasteiger partial charge in [-0.3, -0.25) is 0 Å². The molecule has 0 radical (unpaired) electrons. The molecule has 0 spiro atoms. The third-order valence-corrected chi connectivity index (χ3v) is 5.76. The summed E-state index contributed by atoms with van der Waals surface area (Å²) in [5.74, 6) is 1.66. The smallest absolute Gasteiger partial charge is 0.340 e. The van der Waals surface area contributed by atoms with Crippen molar-refractivity contribution in [1.82, 2.24) is 0 Å². The van der Waals surface area contributed by atoms with E-state index in [0.29, 0.717) is 23.1 Å². The Morgan fingerprint density at radius 1 is 1.35 bits per heavy atom. The van der Waals surface area contributed by atoms with Crippen LogP contribution in [0.15, 0.2) is 44.6 Å². The van der Waals surface area contributed by atoms with Crippen LogP contribution in [0.4, 0.5) is 0 Å². The van der Waals surface area contributed by atoms with Crippen LogP contribution in [0.25, 0.3) is 11.0 Å². The highest BCUT2D eigenvalue weighted by Gasteiger charge is 2.36. The number of ether oxygens (including phenoxy) is 1. The third-order valence-electron chi connectivity index (χ3n) is 4.69. The Kier molecular flexibility index (Phi) is 3.53. The van der Waals surface area contributed by atoms with E-state index >= 15 is 0 Å². The van der Waals surface area contributed by atoms with Crippen LogP contribution in [0.1, 0.15) is 23.5 Å². The number of methoxy groups -OCH3 is 1. The minimum absolute atomic E-state index is 0.0978. The van der Waals surface area contributed by atoms with Crippen LogP contribution in [0.2, 0.25) is 0 Å². The summed E-state index contributed by atoms with van der Waals surface area (Å²) in [7, 11) is 1.39. The number of rotatable bonds is 1. The van der Waals surface area contributed by atoms with Gasteiger partial charge in [-0.25, -0.2) is 9.59 Å². The summed E-state index contributed by atoms with van der Waals surface area (Å²) in [6.45, 7) is 0. The number of benzene rings is 1. The first-order valence-corrected chi connectivity index (χ1v) is 8.78. The molecule has 5 heteroatoms. The Hall–Kier alpha value is -2.01. The van der Waals surface area contributed by atoms with Gasteiger partial charge in [0.25, 0.3) is 0 Å². The highest BCUT2D eigenvalue weighted by atomic mass is 32.2. The van der Waals surface area contributed by atoms with E-state index in [0.717, 1.165) is 34.4 Å². The SMILES string of the molecule is COC(=O)C1=C2CCSCC2c2c(c(=O)oc3ccccc23)C1. The highest BCUT2D eigenvalue weighted by Crippen LogP contribution is 2.45. The zero-order valence-corrected chi connectivity index (χ0v) is 13.6. The van der Waals surface area contributed by atoms with Gasteiger partial charge in [-0.1, -0.05) is 23.8 Å². The molecule has 0 saturated carbocycles. The molecule has 118 valence electrons. The molecular weight excluding hydrogens is 312 g/mol. The normalized spacial score (nSPS) is 20.1. The van der Waals surface area contributed by atoms with E-state index < -0.39 is 0 Å². The zero-order valence-electron chi connectivity index (χ0n) is 12.8. The highest BCUT2D eigenvalue weighted by molar-refractivity contribution is 7.99. The molecule has 2 aliphatic rings. The van der Waals surface area contributed by atoms with E-state index in [4.69, 9.17) is 9.15 Å². The summed E-state index contributed by atoms with van der Waals surface area (Å²) >= 11 is 1.86. The Labute approximate surface area is 137 Å². The van der Waals surface area contributed by atoms with Crippen molar-refractivity contribution in [3.05, 3.63) is 57.0 Å². The number of esters is 1. The fraction of sp³-hybridized carbons (Fsp3) is 0.333. The van der Waals surface area contributed by atoms with Crippen molar-refractivity contribution in [3.8, 4) is 0 Å². The lowest BCUT2D eigenvalue weighted by Gasteiger charge is -2.33. The molecule has 2 heterocycles. The number of carbonyl (C=O) groups is 1. The first-order valence-electron chi connectivity index (χ1n) is 7.63. The molecule has 1 fully saturated rings. The van der Waals surface area contributed by atoms with Crippen molar-refractivity contribution in [3.63, 3.8) is 0 Å². The van der Waals surface area contributed by atoms with Gasteiger partial charge < -0.3 is 9.15 Å². The van der Waals surface area contributed by atoms with E-state index in [9.17, 15) is 9.59 Å². The molecule has 1 aliphatic carbocycles. The number of allylic oxidation sites excluding steroid dienone is 1. The maximum atomic E-state index is 12.5. The molecule has 4 nitrogen and oxygen atoms in total. The van der Waals surface area contributed by atoms with Crippen molar-refractivity contribution in [2.45, 2.75) is 18.8 Å². The van der Waals surface area contributed by atoms with Gasteiger partial charge in [-0.2, -0.15) is 11.8 Å². The van der Waals surface area contributed by atoms with Gasteiger partial charge in [0.15, 0.2) is 0 Å². The van der Waals surface area contributed by atoms with Gasteiger partial charge in [0.05, 0.1) is 7.11 Å². The third kappa shape index (κ3) is 2.22. The summed E-state index contributed by atoms with van der Waals surface area (Å²) < 4.78 is 10.4.